The molecule has 5 nitrogen and oxygen atoms in total. The minimum absolute atomic E-state index is 0.0902. The highest BCUT2D eigenvalue weighted by molar-refractivity contribution is 7.07. The summed E-state index contributed by atoms with van der Waals surface area (Å²) in [5.41, 5.74) is 3.15. The molecule has 0 bridgehead atoms. The molecule has 0 unspecified atom stereocenters. The van der Waals surface area contributed by atoms with Gasteiger partial charge in [-0.3, -0.25) is 9.36 Å². The first-order valence-electron chi connectivity index (χ1n) is 10.8. The third-order valence-corrected chi connectivity index (χ3v) is 6.37. The van der Waals surface area contributed by atoms with Gasteiger partial charge in [-0.05, 0) is 47.4 Å². The second kappa shape index (κ2) is 10.5. The van der Waals surface area contributed by atoms with E-state index in [1.54, 1.807) is 6.08 Å². The maximum atomic E-state index is 13.5. The first-order chi connectivity index (χ1) is 16.6. The van der Waals surface area contributed by atoms with Gasteiger partial charge in [0.05, 0.1) is 10.2 Å². The molecule has 3 aromatic carbocycles. The Hall–Kier alpha value is -4.39. The molecule has 0 spiro atoms. The van der Waals surface area contributed by atoms with Gasteiger partial charge < -0.3 is 4.74 Å². The predicted octanol–water partition coefficient (Wildman–Crippen LogP) is 4.07. The van der Waals surface area contributed by atoms with Crippen LogP contribution in [0.15, 0.2) is 83.7 Å². The molecule has 0 aliphatic carbocycles. The molecule has 34 heavy (non-hydrogen) atoms. The van der Waals surface area contributed by atoms with Crippen LogP contribution >= 0.6 is 11.3 Å². The van der Waals surface area contributed by atoms with Crippen LogP contribution in [0.4, 0.5) is 0 Å². The van der Waals surface area contributed by atoms with E-state index in [-0.39, 0.29) is 11.1 Å². The van der Waals surface area contributed by atoms with Crippen LogP contribution in [0.2, 0.25) is 0 Å². The van der Waals surface area contributed by atoms with Gasteiger partial charge in [-0.25, -0.2) is 0 Å². The average Bonchev–Trinajstić information content (AvgIpc) is 3.19. The molecule has 0 atom stereocenters. The third-order valence-electron chi connectivity index (χ3n) is 5.28. The van der Waals surface area contributed by atoms with Crippen molar-refractivity contribution in [3.05, 3.63) is 115 Å². The Labute approximate surface area is 201 Å². The molecule has 0 fully saturated rings. The lowest BCUT2D eigenvalue weighted by Crippen LogP contribution is -2.31. The lowest BCUT2D eigenvalue weighted by molar-refractivity contribution is 0.306. The van der Waals surface area contributed by atoms with Crippen molar-refractivity contribution in [1.82, 2.24) is 4.57 Å². The molecule has 0 radical (unpaired) electrons. The van der Waals surface area contributed by atoms with Crippen molar-refractivity contribution >= 4 is 23.0 Å². The summed E-state index contributed by atoms with van der Waals surface area (Å²) >= 11 is 1.14. The molecule has 1 heterocycles. The number of nitrogens with zero attached hydrogens (tertiary/aromatic N) is 3. The van der Waals surface area contributed by atoms with Crippen LogP contribution in [0.25, 0.3) is 17.3 Å². The molecule has 4 aromatic rings. The van der Waals surface area contributed by atoms with Gasteiger partial charge in [-0.1, -0.05) is 67.6 Å². The van der Waals surface area contributed by atoms with Crippen LogP contribution in [0.1, 0.15) is 23.6 Å². The lowest BCUT2D eigenvalue weighted by atomic mass is 10.1. The summed E-state index contributed by atoms with van der Waals surface area (Å²) in [5.74, 6) is 0.687. The quantitative estimate of drug-likeness (QED) is 0.432. The maximum absolute atomic E-state index is 13.5. The minimum atomic E-state index is -0.264. The molecule has 166 valence electrons. The van der Waals surface area contributed by atoms with E-state index in [9.17, 15) is 15.3 Å². The highest BCUT2D eigenvalue weighted by Gasteiger charge is 2.13. The van der Waals surface area contributed by atoms with Crippen molar-refractivity contribution in [2.75, 3.05) is 0 Å². The fraction of sp³-hybridized carbons (Fsp3) is 0.107. The highest BCUT2D eigenvalue weighted by Crippen LogP contribution is 2.16. The molecule has 0 saturated carbocycles. The Kier molecular flexibility index (Phi) is 7.03. The van der Waals surface area contributed by atoms with Crippen molar-refractivity contribution in [1.29, 1.82) is 10.5 Å². The Morgan fingerprint density at radius 2 is 1.74 bits per heavy atom. The number of ether oxygens (including phenoxy) is 1. The molecule has 0 N–H and O–H groups in total. The van der Waals surface area contributed by atoms with Gasteiger partial charge in [0.15, 0.2) is 5.57 Å². The largest absolute Gasteiger partial charge is 0.489 e. The van der Waals surface area contributed by atoms with Crippen molar-refractivity contribution in [3.8, 4) is 23.6 Å². The number of nitriles is 2. The maximum Gasteiger partial charge on any atom is 0.273 e. The number of aryl methyl sites for hydroxylation is 1. The molecule has 6 heteroatoms. The summed E-state index contributed by atoms with van der Waals surface area (Å²) < 4.78 is 8.16. The molecular formula is C28H21N3O2S. The topological polar surface area (TPSA) is 78.8 Å². The highest BCUT2D eigenvalue weighted by atomic mass is 32.1. The van der Waals surface area contributed by atoms with Crippen LogP contribution in [-0.2, 0) is 13.0 Å². The van der Waals surface area contributed by atoms with Crippen molar-refractivity contribution < 1.29 is 4.74 Å². The molecule has 0 saturated heterocycles. The predicted molar refractivity (Wildman–Crippen MR) is 134 cm³/mol. The van der Waals surface area contributed by atoms with E-state index in [4.69, 9.17) is 4.74 Å². The third kappa shape index (κ3) is 4.83. The van der Waals surface area contributed by atoms with Gasteiger partial charge in [-0.15, -0.1) is 11.3 Å². The summed E-state index contributed by atoms with van der Waals surface area (Å²) in [7, 11) is 0. The van der Waals surface area contributed by atoms with Gasteiger partial charge in [0.2, 0.25) is 0 Å². The van der Waals surface area contributed by atoms with Crippen molar-refractivity contribution in [2.24, 2.45) is 0 Å². The van der Waals surface area contributed by atoms with Crippen molar-refractivity contribution in [2.45, 2.75) is 20.0 Å². The molecule has 4 rings (SSSR count). The van der Waals surface area contributed by atoms with Crippen LogP contribution < -0.4 is 19.5 Å². The number of benzene rings is 3. The second-order valence-electron chi connectivity index (χ2n) is 7.48. The van der Waals surface area contributed by atoms with Crippen LogP contribution in [-0.4, -0.2) is 4.57 Å². The summed E-state index contributed by atoms with van der Waals surface area (Å²) in [5, 5.41) is 19.0. The summed E-state index contributed by atoms with van der Waals surface area (Å²) in [6.45, 7) is 2.44. The van der Waals surface area contributed by atoms with E-state index in [1.165, 1.54) is 4.57 Å². The van der Waals surface area contributed by atoms with Crippen LogP contribution in [0.3, 0.4) is 0 Å². The van der Waals surface area contributed by atoms with Gasteiger partial charge in [0, 0.05) is 0 Å². The SMILES string of the molecule is CCc1ccccc1-n1c(=C(C#N)C#N)s/c(=C/c2cccc(OCc3ccccc3)c2)c1=O. The fourth-order valence-electron chi connectivity index (χ4n) is 3.60. The zero-order valence-corrected chi connectivity index (χ0v) is 19.4. The van der Waals surface area contributed by atoms with E-state index in [0.717, 1.165) is 28.0 Å². The monoisotopic (exact) mass is 463 g/mol. The summed E-state index contributed by atoms with van der Waals surface area (Å²) in [4.78, 5) is 13.5. The van der Waals surface area contributed by atoms with Gasteiger partial charge >= 0.3 is 0 Å². The normalized spacial score (nSPS) is 11.0. The number of thiazole rings is 1. The number of para-hydroxylation sites is 1. The summed E-state index contributed by atoms with van der Waals surface area (Å²) in [6.07, 6.45) is 2.48. The molecular weight excluding hydrogens is 442 g/mol. The Balaban J connectivity index is 1.81. The zero-order chi connectivity index (χ0) is 23.9. The Morgan fingerprint density at radius 1 is 1.00 bits per heavy atom. The zero-order valence-electron chi connectivity index (χ0n) is 18.6. The van der Waals surface area contributed by atoms with Crippen molar-refractivity contribution in [3.63, 3.8) is 0 Å². The van der Waals surface area contributed by atoms with Crippen LogP contribution in [0.5, 0.6) is 5.75 Å². The number of aromatic nitrogens is 1. The number of rotatable bonds is 6. The van der Waals surface area contributed by atoms with E-state index >= 15 is 0 Å². The number of hydrogen-bond acceptors (Lipinski definition) is 5. The average molecular weight is 464 g/mol. The van der Waals surface area contributed by atoms with E-state index in [0.29, 0.717) is 33.7 Å². The van der Waals surface area contributed by atoms with Crippen LogP contribution in [0, 0.1) is 22.7 Å². The fourth-order valence-corrected chi connectivity index (χ4v) is 4.65. The first-order valence-corrected chi connectivity index (χ1v) is 11.6. The standard InChI is InChI=1S/C28H21N3O2S/c1-2-22-12-6-7-14-25(22)31-27(32)26(34-28(31)23(17-29)18-30)16-21-11-8-13-24(15-21)33-19-20-9-4-3-5-10-20/h3-16H,2,19H2,1H3/b26-16+. The van der Waals surface area contributed by atoms with E-state index in [2.05, 4.69) is 0 Å². The smallest absolute Gasteiger partial charge is 0.273 e. The number of hydrogen-bond donors (Lipinski definition) is 0. The van der Waals surface area contributed by atoms with Gasteiger partial charge in [-0.2, -0.15) is 10.5 Å². The molecule has 0 aliphatic rings. The molecule has 0 amide bonds. The Bertz CT molecular complexity index is 1570. The molecule has 0 aliphatic heterocycles. The molecule has 1 aromatic heterocycles. The van der Waals surface area contributed by atoms with E-state index < -0.39 is 0 Å². The Morgan fingerprint density at radius 3 is 2.47 bits per heavy atom. The second-order valence-corrected chi connectivity index (χ2v) is 8.51. The van der Waals surface area contributed by atoms with Gasteiger partial charge in [0.1, 0.15) is 29.2 Å². The minimum Gasteiger partial charge on any atom is -0.489 e. The van der Waals surface area contributed by atoms with Gasteiger partial charge in [0.25, 0.3) is 5.56 Å². The lowest BCUT2D eigenvalue weighted by Gasteiger charge is -2.08. The summed E-state index contributed by atoms with van der Waals surface area (Å²) in [6, 6.07) is 28.8. The van der Waals surface area contributed by atoms with E-state index in [1.807, 2.05) is 97.9 Å². The first kappa shape index (κ1) is 22.8.